The molecule has 3 aromatic rings. The van der Waals surface area contributed by atoms with Gasteiger partial charge in [-0.1, -0.05) is 52.8 Å². The van der Waals surface area contributed by atoms with Crippen LogP contribution in [0.4, 0.5) is 15.6 Å². The van der Waals surface area contributed by atoms with Gasteiger partial charge < -0.3 is 10.6 Å². The van der Waals surface area contributed by atoms with E-state index in [4.69, 9.17) is 11.6 Å². The van der Waals surface area contributed by atoms with Gasteiger partial charge in [-0.15, -0.1) is 0 Å². The van der Waals surface area contributed by atoms with Crippen molar-refractivity contribution < 1.29 is 9.59 Å². The molecule has 0 saturated heterocycles. The highest BCUT2D eigenvalue weighted by Gasteiger charge is 2.18. The third-order valence-corrected chi connectivity index (χ3v) is 6.03. The molecule has 0 aliphatic carbocycles. The molecular formula is C23H25ClN4O2S. The minimum atomic E-state index is -0.368. The molecule has 0 fully saturated rings. The van der Waals surface area contributed by atoms with Gasteiger partial charge in [0.1, 0.15) is 4.88 Å². The summed E-state index contributed by atoms with van der Waals surface area (Å²) >= 11 is 7.12. The first kappa shape index (κ1) is 22.8. The van der Waals surface area contributed by atoms with Crippen LogP contribution in [0.1, 0.15) is 37.6 Å². The van der Waals surface area contributed by atoms with Crippen LogP contribution in [0.15, 0.2) is 36.4 Å². The number of carbonyl (C=O) groups excluding carboxylic acids is 2. The standard InChI is InChI=1S/C23H25ClN4O2S/c1-13-10-14(2)19(15(3)11-13)27-21(29)20-16(4)26-23(31-20)28-22(30)25-9-8-17-6-5-7-18(24)12-17/h5-7,10-12H,8-9H2,1-4H3,(H,27,29)(H2,25,26,28,30). The molecule has 1 aromatic heterocycles. The fourth-order valence-electron chi connectivity index (χ4n) is 3.36. The van der Waals surface area contributed by atoms with Gasteiger partial charge >= 0.3 is 6.03 Å². The Bertz CT molecular complexity index is 1100. The van der Waals surface area contributed by atoms with Crippen molar-refractivity contribution in [2.75, 3.05) is 17.2 Å². The topological polar surface area (TPSA) is 83.1 Å². The molecule has 3 rings (SSSR count). The summed E-state index contributed by atoms with van der Waals surface area (Å²) in [6.45, 7) is 8.17. The van der Waals surface area contributed by atoms with Crippen LogP contribution in [-0.2, 0) is 6.42 Å². The van der Waals surface area contributed by atoms with E-state index in [1.54, 1.807) is 6.92 Å². The number of nitrogens with zero attached hydrogens (tertiary/aromatic N) is 1. The molecule has 0 bridgehead atoms. The third-order valence-electron chi connectivity index (χ3n) is 4.73. The van der Waals surface area contributed by atoms with E-state index in [-0.39, 0.29) is 11.9 Å². The fourth-order valence-corrected chi connectivity index (χ4v) is 4.43. The molecule has 162 valence electrons. The molecule has 3 amide bonds. The van der Waals surface area contributed by atoms with Gasteiger partial charge in [-0.05, 0) is 62.9 Å². The number of anilines is 2. The smallest absolute Gasteiger partial charge is 0.321 e. The second-order valence-electron chi connectivity index (χ2n) is 7.42. The second kappa shape index (κ2) is 9.94. The largest absolute Gasteiger partial charge is 0.337 e. The lowest BCUT2D eigenvalue weighted by Crippen LogP contribution is -2.30. The number of urea groups is 1. The van der Waals surface area contributed by atoms with Crippen molar-refractivity contribution >= 4 is 45.7 Å². The Hall–Kier alpha value is -2.90. The normalized spacial score (nSPS) is 10.6. The van der Waals surface area contributed by atoms with Gasteiger partial charge in [-0.25, -0.2) is 9.78 Å². The van der Waals surface area contributed by atoms with Crippen molar-refractivity contribution in [2.24, 2.45) is 0 Å². The predicted octanol–water partition coefficient (Wildman–Crippen LogP) is 5.65. The minimum Gasteiger partial charge on any atom is -0.337 e. The molecule has 1 heterocycles. The van der Waals surface area contributed by atoms with Gasteiger partial charge in [0.25, 0.3) is 5.91 Å². The quantitative estimate of drug-likeness (QED) is 0.448. The number of hydrogen-bond acceptors (Lipinski definition) is 4. The Morgan fingerprint density at radius 2 is 1.74 bits per heavy atom. The Morgan fingerprint density at radius 1 is 1.03 bits per heavy atom. The zero-order chi connectivity index (χ0) is 22.5. The highest BCUT2D eigenvalue weighted by atomic mass is 35.5. The molecule has 0 aliphatic rings. The van der Waals surface area contributed by atoms with Crippen LogP contribution >= 0.6 is 22.9 Å². The van der Waals surface area contributed by atoms with Crippen molar-refractivity contribution in [3.63, 3.8) is 0 Å². The van der Waals surface area contributed by atoms with Gasteiger partial charge in [0.05, 0.1) is 5.69 Å². The van der Waals surface area contributed by atoms with Gasteiger partial charge in [0, 0.05) is 17.3 Å². The number of halogens is 1. The number of thiazole rings is 1. The van der Waals surface area contributed by atoms with Crippen LogP contribution in [-0.4, -0.2) is 23.5 Å². The monoisotopic (exact) mass is 456 g/mol. The summed E-state index contributed by atoms with van der Waals surface area (Å²) in [5, 5.41) is 9.51. The minimum absolute atomic E-state index is 0.237. The fraction of sp³-hybridized carbons (Fsp3) is 0.261. The molecule has 0 radical (unpaired) electrons. The summed E-state index contributed by atoms with van der Waals surface area (Å²) < 4.78 is 0. The summed E-state index contributed by atoms with van der Waals surface area (Å²) in [5.41, 5.74) is 5.57. The Labute approximate surface area is 191 Å². The SMILES string of the molecule is Cc1cc(C)c(NC(=O)c2sc(NC(=O)NCCc3cccc(Cl)c3)nc2C)c(C)c1. The molecule has 0 aliphatic heterocycles. The van der Waals surface area contributed by atoms with Crippen LogP contribution in [0.3, 0.4) is 0 Å². The highest BCUT2D eigenvalue weighted by molar-refractivity contribution is 7.17. The maximum Gasteiger partial charge on any atom is 0.321 e. The first-order valence-corrected chi connectivity index (χ1v) is 11.1. The van der Waals surface area contributed by atoms with Crippen LogP contribution in [0.2, 0.25) is 5.02 Å². The summed E-state index contributed by atoms with van der Waals surface area (Å²) in [4.78, 5) is 29.8. The third kappa shape index (κ3) is 6.06. The summed E-state index contributed by atoms with van der Waals surface area (Å²) in [6.07, 6.45) is 0.661. The average Bonchev–Trinajstić information content (AvgIpc) is 3.04. The van der Waals surface area contributed by atoms with E-state index in [9.17, 15) is 9.59 Å². The van der Waals surface area contributed by atoms with E-state index in [1.165, 1.54) is 0 Å². The van der Waals surface area contributed by atoms with Crippen molar-refractivity contribution in [2.45, 2.75) is 34.1 Å². The lowest BCUT2D eigenvalue weighted by Gasteiger charge is -2.12. The van der Waals surface area contributed by atoms with E-state index >= 15 is 0 Å². The van der Waals surface area contributed by atoms with E-state index in [1.807, 2.05) is 57.2 Å². The lowest BCUT2D eigenvalue weighted by atomic mass is 10.1. The van der Waals surface area contributed by atoms with Crippen LogP contribution in [0.25, 0.3) is 0 Å². The summed E-state index contributed by atoms with van der Waals surface area (Å²) in [6, 6.07) is 11.2. The average molecular weight is 457 g/mol. The molecule has 0 spiro atoms. The molecule has 2 aromatic carbocycles. The zero-order valence-corrected chi connectivity index (χ0v) is 19.5. The molecule has 8 heteroatoms. The molecule has 0 unspecified atom stereocenters. The van der Waals surface area contributed by atoms with Crippen molar-refractivity contribution in [3.05, 3.63) is 74.2 Å². The molecule has 6 nitrogen and oxygen atoms in total. The number of nitrogens with one attached hydrogen (secondary N) is 3. The highest BCUT2D eigenvalue weighted by Crippen LogP contribution is 2.26. The number of benzene rings is 2. The van der Waals surface area contributed by atoms with Gasteiger partial charge in [0.15, 0.2) is 5.13 Å². The van der Waals surface area contributed by atoms with Gasteiger partial charge in [0.2, 0.25) is 0 Å². The van der Waals surface area contributed by atoms with E-state index in [0.717, 1.165) is 39.3 Å². The molecule has 0 saturated carbocycles. The number of carbonyl (C=O) groups is 2. The maximum absolute atomic E-state index is 12.8. The van der Waals surface area contributed by atoms with Crippen LogP contribution in [0, 0.1) is 27.7 Å². The van der Waals surface area contributed by atoms with E-state index < -0.39 is 0 Å². The summed E-state index contributed by atoms with van der Waals surface area (Å²) in [7, 11) is 0. The van der Waals surface area contributed by atoms with Crippen molar-refractivity contribution in [1.82, 2.24) is 10.3 Å². The van der Waals surface area contributed by atoms with E-state index in [2.05, 4.69) is 20.9 Å². The van der Waals surface area contributed by atoms with Crippen LogP contribution < -0.4 is 16.0 Å². The Kier molecular flexibility index (Phi) is 7.30. The number of aromatic nitrogens is 1. The van der Waals surface area contributed by atoms with E-state index in [0.29, 0.717) is 33.7 Å². The first-order chi connectivity index (χ1) is 14.7. The summed E-state index contributed by atoms with van der Waals surface area (Å²) in [5.74, 6) is -0.237. The van der Waals surface area contributed by atoms with Crippen molar-refractivity contribution in [1.29, 1.82) is 0 Å². The van der Waals surface area contributed by atoms with Gasteiger partial charge in [-0.3, -0.25) is 10.1 Å². The molecule has 0 atom stereocenters. The second-order valence-corrected chi connectivity index (χ2v) is 8.86. The number of hydrogen-bond donors (Lipinski definition) is 3. The Balaban J connectivity index is 1.58. The van der Waals surface area contributed by atoms with Crippen LogP contribution in [0.5, 0.6) is 0 Å². The van der Waals surface area contributed by atoms with Gasteiger partial charge in [-0.2, -0.15) is 0 Å². The number of aryl methyl sites for hydroxylation is 4. The maximum atomic E-state index is 12.8. The molecule has 31 heavy (non-hydrogen) atoms. The van der Waals surface area contributed by atoms with Crippen molar-refractivity contribution in [3.8, 4) is 0 Å². The number of rotatable bonds is 6. The first-order valence-electron chi connectivity index (χ1n) is 9.89. The molecule has 3 N–H and O–H groups in total. The molecular weight excluding hydrogens is 432 g/mol. The number of amides is 3. The predicted molar refractivity (Wildman–Crippen MR) is 128 cm³/mol. The Morgan fingerprint density at radius 3 is 2.42 bits per heavy atom. The zero-order valence-electron chi connectivity index (χ0n) is 17.9. The lowest BCUT2D eigenvalue weighted by molar-refractivity contribution is 0.102.